The normalized spacial score (nSPS) is 17.9. The lowest BCUT2D eigenvalue weighted by molar-refractivity contribution is -0.141. The van der Waals surface area contributed by atoms with Crippen molar-refractivity contribution >= 4 is 40.2 Å². The summed E-state index contributed by atoms with van der Waals surface area (Å²) in [4.78, 5) is 24.1. The van der Waals surface area contributed by atoms with Crippen LogP contribution in [0.25, 0.3) is 0 Å². The van der Waals surface area contributed by atoms with Crippen molar-refractivity contribution in [3.05, 3.63) is 29.8 Å². The Morgan fingerprint density at radius 3 is 2.68 bits per heavy atom. The van der Waals surface area contributed by atoms with Crippen LogP contribution in [0.5, 0.6) is 5.75 Å². The Labute approximate surface area is 138 Å². The number of thiocarbonyl (C=S) groups is 1. The number of thioether (sulfide) groups is 1. The minimum absolute atomic E-state index is 0.233. The average Bonchev–Trinajstić information content (AvgIpc) is 2.74. The van der Waals surface area contributed by atoms with Gasteiger partial charge in [0.15, 0.2) is 0 Å². The Bertz CT molecular complexity index is 573. The van der Waals surface area contributed by atoms with E-state index in [-0.39, 0.29) is 17.7 Å². The summed E-state index contributed by atoms with van der Waals surface area (Å²) < 4.78 is 5.85. The van der Waals surface area contributed by atoms with Crippen molar-refractivity contribution in [2.75, 3.05) is 13.2 Å². The molecule has 0 bridgehead atoms. The van der Waals surface area contributed by atoms with Crippen molar-refractivity contribution in [2.45, 2.75) is 25.0 Å². The van der Waals surface area contributed by atoms with Gasteiger partial charge in [0.1, 0.15) is 16.6 Å². The second-order valence-corrected chi connectivity index (χ2v) is 6.72. The number of carboxylic acid groups (broad SMARTS) is 1. The van der Waals surface area contributed by atoms with Crippen molar-refractivity contribution in [2.24, 2.45) is 0 Å². The van der Waals surface area contributed by atoms with E-state index >= 15 is 0 Å². The van der Waals surface area contributed by atoms with Crippen LogP contribution in [0.3, 0.4) is 0 Å². The zero-order chi connectivity index (χ0) is 16.1. The maximum absolute atomic E-state index is 12.2. The molecule has 1 unspecified atom stereocenters. The van der Waals surface area contributed by atoms with Gasteiger partial charge in [0.05, 0.1) is 11.9 Å². The summed E-state index contributed by atoms with van der Waals surface area (Å²) in [5.41, 5.74) is 0.995. The standard InChI is InChI=1S/C15H17NO4S2/c1-2-7-20-11-5-3-10(4-6-11)8-12-14(19)16(9-13(17)18)15(21)22-12/h3-6,12H,2,7-9H2,1H3,(H,17,18). The molecule has 22 heavy (non-hydrogen) atoms. The van der Waals surface area contributed by atoms with Crippen molar-refractivity contribution in [3.8, 4) is 5.75 Å². The molecule has 1 amide bonds. The second-order valence-electron chi connectivity index (χ2n) is 4.89. The third kappa shape index (κ3) is 4.20. The number of aliphatic carboxylic acids is 1. The molecule has 118 valence electrons. The molecule has 0 saturated carbocycles. The summed E-state index contributed by atoms with van der Waals surface area (Å²) in [6.45, 7) is 2.35. The number of carbonyl (C=O) groups is 2. The lowest BCUT2D eigenvalue weighted by atomic mass is 10.1. The summed E-state index contributed by atoms with van der Waals surface area (Å²) in [7, 11) is 0. The van der Waals surface area contributed by atoms with Crippen LogP contribution in [-0.2, 0) is 16.0 Å². The molecule has 2 rings (SSSR count). The molecule has 1 fully saturated rings. The Morgan fingerprint density at radius 2 is 2.09 bits per heavy atom. The fourth-order valence-corrected chi connectivity index (χ4v) is 3.59. The van der Waals surface area contributed by atoms with Crippen LogP contribution in [0.15, 0.2) is 24.3 Å². The SMILES string of the molecule is CCCOc1ccc(CC2SC(=S)N(CC(=O)O)C2=O)cc1. The van der Waals surface area contributed by atoms with Crippen LogP contribution in [0.2, 0.25) is 0 Å². The van der Waals surface area contributed by atoms with Gasteiger partial charge in [-0.15, -0.1) is 0 Å². The topological polar surface area (TPSA) is 66.8 Å². The molecular formula is C15H17NO4S2. The molecule has 0 aliphatic carbocycles. The Hall–Kier alpha value is -1.60. The van der Waals surface area contributed by atoms with Gasteiger partial charge in [-0.2, -0.15) is 0 Å². The molecule has 1 aromatic rings. The number of carboxylic acids is 1. The van der Waals surface area contributed by atoms with Crippen LogP contribution >= 0.6 is 24.0 Å². The summed E-state index contributed by atoms with van der Waals surface area (Å²) in [5.74, 6) is -0.489. The molecule has 1 heterocycles. The van der Waals surface area contributed by atoms with Gasteiger partial charge in [0.2, 0.25) is 5.91 Å². The Balaban J connectivity index is 1.97. The number of hydrogen-bond acceptors (Lipinski definition) is 5. The van der Waals surface area contributed by atoms with E-state index in [1.807, 2.05) is 31.2 Å². The fourth-order valence-electron chi connectivity index (χ4n) is 2.06. The smallest absolute Gasteiger partial charge is 0.323 e. The van der Waals surface area contributed by atoms with E-state index < -0.39 is 5.97 Å². The molecule has 1 saturated heterocycles. The number of nitrogens with zero attached hydrogens (tertiary/aromatic N) is 1. The second kappa shape index (κ2) is 7.60. The fraction of sp³-hybridized carbons (Fsp3) is 0.400. The van der Waals surface area contributed by atoms with Gasteiger partial charge in [0.25, 0.3) is 0 Å². The minimum Gasteiger partial charge on any atom is -0.494 e. The third-order valence-corrected chi connectivity index (χ3v) is 4.70. The monoisotopic (exact) mass is 339 g/mol. The van der Waals surface area contributed by atoms with Crippen molar-refractivity contribution < 1.29 is 19.4 Å². The molecule has 1 aliphatic rings. The van der Waals surface area contributed by atoms with E-state index in [1.165, 1.54) is 11.8 Å². The Kier molecular flexibility index (Phi) is 5.79. The molecule has 1 aliphatic heterocycles. The lowest BCUT2D eigenvalue weighted by Crippen LogP contribution is -2.36. The third-order valence-electron chi connectivity index (χ3n) is 3.12. The van der Waals surface area contributed by atoms with Crippen LogP contribution in [0.1, 0.15) is 18.9 Å². The van der Waals surface area contributed by atoms with Crippen LogP contribution in [0.4, 0.5) is 0 Å². The summed E-state index contributed by atoms with van der Waals surface area (Å²) in [6, 6.07) is 7.59. The van der Waals surface area contributed by atoms with E-state index in [0.29, 0.717) is 17.3 Å². The lowest BCUT2D eigenvalue weighted by Gasteiger charge is -2.12. The molecule has 0 radical (unpaired) electrons. The first-order valence-electron chi connectivity index (χ1n) is 6.96. The zero-order valence-corrected chi connectivity index (χ0v) is 13.8. The first-order chi connectivity index (χ1) is 10.5. The molecule has 1 aromatic carbocycles. The summed E-state index contributed by atoms with van der Waals surface area (Å²) >= 11 is 6.33. The number of carbonyl (C=O) groups excluding carboxylic acids is 1. The van der Waals surface area contributed by atoms with Gasteiger partial charge >= 0.3 is 5.97 Å². The van der Waals surface area contributed by atoms with Gasteiger partial charge in [-0.25, -0.2) is 0 Å². The van der Waals surface area contributed by atoms with E-state index in [9.17, 15) is 9.59 Å². The van der Waals surface area contributed by atoms with Gasteiger partial charge < -0.3 is 9.84 Å². The van der Waals surface area contributed by atoms with Crippen LogP contribution in [0, 0.1) is 0 Å². The molecule has 5 nitrogen and oxygen atoms in total. The Morgan fingerprint density at radius 1 is 1.41 bits per heavy atom. The van der Waals surface area contributed by atoms with E-state index in [4.69, 9.17) is 22.1 Å². The maximum atomic E-state index is 12.2. The van der Waals surface area contributed by atoms with Gasteiger partial charge in [-0.05, 0) is 30.5 Å². The first kappa shape index (κ1) is 16.8. The number of amides is 1. The van der Waals surface area contributed by atoms with Crippen molar-refractivity contribution in [1.82, 2.24) is 4.90 Å². The molecule has 0 aromatic heterocycles. The number of ether oxygens (including phenoxy) is 1. The van der Waals surface area contributed by atoms with Crippen LogP contribution < -0.4 is 4.74 Å². The molecule has 0 spiro atoms. The first-order valence-corrected chi connectivity index (χ1v) is 8.25. The van der Waals surface area contributed by atoms with Gasteiger partial charge in [0, 0.05) is 0 Å². The quantitative estimate of drug-likeness (QED) is 0.769. The predicted octanol–water partition coefficient (Wildman–Crippen LogP) is 2.33. The highest BCUT2D eigenvalue weighted by atomic mass is 32.2. The van der Waals surface area contributed by atoms with E-state index in [0.717, 1.165) is 22.6 Å². The van der Waals surface area contributed by atoms with Crippen LogP contribution in [-0.4, -0.2) is 44.6 Å². The molecule has 1 atom stereocenters. The molecule has 7 heteroatoms. The predicted molar refractivity (Wildman–Crippen MR) is 89.3 cm³/mol. The molecular weight excluding hydrogens is 322 g/mol. The summed E-state index contributed by atoms with van der Waals surface area (Å²) in [6.07, 6.45) is 1.47. The van der Waals surface area contributed by atoms with Gasteiger partial charge in [-0.3, -0.25) is 14.5 Å². The van der Waals surface area contributed by atoms with Gasteiger partial charge in [-0.1, -0.05) is 43.0 Å². The van der Waals surface area contributed by atoms with Crippen molar-refractivity contribution in [3.63, 3.8) is 0 Å². The summed E-state index contributed by atoms with van der Waals surface area (Å²) in [5, 5.41) is 8.46. The highest BCUT2D eigenvalue weighted by Gasteiger charge is 2.37. The minimum atomic E-state index is -1.06. The highest BCUT2D eigenvalue weighted by molar-refractivity contribution is 8.24. The highest BCUT2D eigenvalue weighted by Crippen LogP contribution is 2.30. The number of hydrogen-bond donors (Lipinski definition) is 1. The largest absolute Gasteiger partial charge is 0.494 e. The zero-order valence-electron chi connectivity index (χ0n) is 12.2. The average molecular weight is 339 g/mol. The number of benzene rings is 1. The van der Waals surface area contributed by atoms with E-state index in [2.05, 4.69) is 0 Å². The van der Waals surface area contributed by atoms with E-state index in [1.54, 1.807) is 0 Å². The number of rotatable bonds is 7. The molecule has 1 N–H and O–H groups in total. The maximum Gasteiger partial charge on any atom is 0.323 e. The van der Waals surface area contributed by atoms with Crippen molar-refractivity contribution in [1.29, 1.82) is 0 Å².